The van der Waals surface area contributed by atoms with E-state index in [-0.39, 0.29) is 5.91 Å². The van der Waals surface area contributed by atoms with Crippen LogP contribution in [0.2, 0.25) is 0 Å². The largest absolute Gasteiger partial charge is 0.333 e. The summed E-state index contributed by atoms with van der Waals surface area (Å²) >= 11 is 0. The lowest BCUT2D eigenvalue weighted by Crippen LogP contribution is -2.28. The van der Waals surface area contributed by atoms with E-state index in [2.05, 4.69) is 28.6 Å². The summed E-state index contributed by atoms with van der Waals surface area (Å²) in [6.45, 7) is 3.68. The second kappa shape index (κ2) is 12.2. The Labute approximate surface area is 186 Å². The number of rotatable bonds is 13. The maximum atomic E-state index is 12.7. The molecule has 0 aliphatic carbocycles. The minimum absolute atomic E-state index is 0.0812. The highest BCUT2D eigenvalue weighted by molar-refractivity contribution is 5.92. The van der Waals surface area contributed by atoms with Crippen LogP contribution in [0.1, 0.15) is 81.0 Å². The number of pyridine rings is 1. The van der Waals surface area contributed by atoms with E-state index in [0.29, 0.717) is 12.2 Å². The fourth-order valence-corrected chi connectivity index (χ4v) is 4.04. The van der Waals surface area contributed by atoms with E-state index in [0.717, 1.165) is 29.8 Å². The van der Waals surface area contributed by atoms with Gasteiger partial charge in [-0.1, -0.05) is 76.5 Å². The lowest BCUT2D eigenvalue weighted by Gasteiger charge is -2.17. The molecule has 166 valence electrons. The van der Waals surface area contributed by atoms with Crippen molar-refractivity contribution in [3.63, 3.8) is 0 Å². The molecule has 0 saturated heterocycles. The molecule has 1 amide bonds. The number of hydrogen-bond donors (Lipinski definition) is 0. The van der Waals surface area contributed by atoms with Crippen LogP contribution in [0.3, 0.4) is 0 Å². The normalized spacial score (nSPS) is 11.2. The van der Waals surface area contributed by atoms with Crippen molar-refractivity contribution in [2.24, 2.45) is 0 Å². The van der Waals surface area contributed by atoms with E-state index < -0.39 is 0 Å². The first-order valence-electron chi connectivity index (χ1n) is 11.8. The van der Waals surface area contributed by atoms with Crippen LogP contribution in [0.25, 0.3) is 11.0 Å². The first kappa shape index (κ1) is 23.0. The molecular formula is C26H36N4O. The number of carbonyl (C=O) groups is 1. The van der Waals surface area contributed by atoms with Crippen molar-refractivity contribution in [2.75, 3.05) is 7.05 Å². The third-order valence-corrected chi connectivity index (χ3v) is 5.83. The lowest BCUT2D eigenvalue weighted by molar-refractivity contribution is 0.0774. The predicted octanol–water partition coefficient (Wildman–Crippen LogP) is 6.23. The molecule has 1 aromatic carbocycles. The molecule has 3 aromatic rings. The van der Waals surface area contributed by atoms with Crippen LogP contribution in [-0.4, -0.2) is 32.4 Å². The van der Waals surface area contributed by atoms with Crippen molar-refractivity contribution in [3.05, 3.63) is 60.2 Å². The number of aryl methyl sites for hydroxylation is 1. The molecule has 2 heterocycles. The molecule has 0 saturated carbocycles. The minimum Gasteiger partial charge on any atom is -0.333 e. The smallest absolute Gasteiger partial charge is 0.272 e. The average Bonchev–Trinajstić information content (AvgIpc) is 3.15. The summed E-state index contributed by atoms with van der Waals surface area (Å²) in [5.74, 6) is 0.856. The Bertz CT molecular complexity index is 935. The Morgan fingerprint density at radius 1 is 0.903 bits per heavy atom. The number of hydrogen-bond acceptors (Lipinski definition) is 3. The molecule has 5 nitrogen and oxygen atoms in total. The molecule has 0 atom stereocenters. The van der Waals surface area contributed by atoms with E-state index in [4.69, 9.17) is 4.98 Å². The van der Waals surface area contributed by atoms with Crippen molar-refractivity contribution < 1.29 is 4.79 Å². The van der Waals surface area contributed by atoms with E-state index >= 15 is 0 Å². The van der Waals surface area contributed by atoms with Gasteiger partial charge in [-0.25, -0.2) is 4.98 Å². The maximum Gasteiger partial charge on any atom is 0.272 e. The van der Waals surface area contributed by atoms with Gasteiger partial charge in [-0.15, -0.1) is 0 Å². The fourth-order valence-electron chi connectivity index (χ4n) is 4.04. The van der Waals surface area contributed by atoms with Crippen LogP contribution in [0.5, 0.6) is 0 Å². The summed E-state index contributed by atoms with van der Waals surface area (Å²) in [6.07, 6.45) is 13.5. The number of benzene rings is 1. The summed E-state index contributed by atoms with van der Waals surface area (Å²) in [4.78, 5) is 23.5. The Morgan fingerprint density at radius 3 is 2.29 bits per heavy atom. The van der Waals surface area contributed by atoms with Crippen LogP contribution < -0.4 is 0 Å². The number of unbranched alkanes of at least 4 members (excludes halogenated alkanes) is 8. The quantitative estimate of drug-likeness (QED) is 0.308. The number of carbonyl (C=O) groups excluding carboxylic acids is 1. The van der Waals surface area contributed by atoms with Gasteiger partial charge in [-0.2, -0.15) is 0 Å². The number of amides is 1. The van der Waals surface area contributed by atoms with Crippen LogP contribution in [-0.2, 0) is 13.1 Å². The maximum absolute atomic E-state index is 12.7. The molecule has 0 bridgehead atoms. The van der Waals surface area contributed by atoms with Gasteiger partial charge in [0.05, 0.1) is 17.6 Å². The van der Waals surface area contributed by atoms with Crippen molar-refractivity contribution in [1.82, 2.24) is 19.4 Å². The second-order valence-corrected chi connectivity index (χ2v) is 8.37. The molecule has 2 aromatic heterocycles. The zero-order valence-electron chi connectivity index (χ0n) is 19.1. The van der Waals surface area contributed by atoms with Crippen molar-refractivity contribution >= 4 is 16.9 Å². The van der Waals surface area contributed by atoms with Gasteiger partial charge in [0.15, 0.2) is 0 Å². The molecule has 0 fully saturated rings. The van der Waals surface area contributed by atoms with Gasteiger partial charge >= 0.3 is 0 Å². The van der Waals surface area contributed by atoms with Gasteiger partial charge < -0.3 is 9.47 Å². The summed E-state index contributed by atoms with van der Waals surface area (Å²) in [5.41, 5.74) is 2.61. The summed E-state index contributed by atoms with van der Waals surface area (Å²) in [5, 5.41) is 0. The van der Waals surface area contributed by atoms with Gasteiger partial charge in [-0.3, -0.25) is 9.78 Å². The van der Waals surface area contributed by atoms with Crippen LogP contribution in [0.4, 0.5) is 0 Å². The lowest BCUT2D eigenvalue weighted by atomic mass is 10.1. The van der Waals surface area contributed by atoms with E-state index in [1.54, 1.807) is 17.2 Å². The Hall–Kier alpha value is -2.69. The molecule has 31 heavy (non-hydrogen) atoms. The van der Waals surface area contributed by atoms with Crippen molar-refractivity contribution in [2.45, 2.75) is 77.8 Å². The monoisotopic (exact) mass is 420 g/mol. The predicted molar refractivity (Wildman–Crippen MR) is 127 cm³/mol. The highest BCUT2D eigenvalue weighted by Crippen LogP contribution is 2.19. The molecular weight excluding hydrogens is 384 g/mol. The number of para-hydroxylation sites is 2. The van der Waals surface area contributed by atoms with Crippen molar-refractivity contribution in [3.8, 4) is 0 Å². The first-order chi connectivity index (χ1) is 15.2. The highest BCUT2D eigenvalue weighted by atomic mass is 16.2. The van der Waals surface area contributed by atoms with Gasteiger partial charge in [0.1, 0.15) is 11.5 Å². The number of nitrogens with zero attached hydrogens (tertiary/aromatic N) is 4. The summed E-state index contributed by atoms with van der Waals surface area (Å²) < 4.78 is 2.29. The number of fused-ring (bicyclic) bond motifs is 1. The molecule has 0 aliphatic heterocycles. The number of imidazole rings is 1. The summed E-state index contributed by atoms with van der Waals surface area (Å²) in [7, 11) is 1.82. The Balaban J connectivity index is 1.58. The molecule has 0 N–H and O–H groups in total. The molecule has 0 aliphatic rings. The Morgan fingerprint density at radius 2 is 1.58 bits per heavy atom. The Kier molecular flexibility index (Phi) is 9.07. The first-order valence-corrected chi connectivity index (χ1v) is 11.8. The van der Waals surface area contributed by atoms with Gasteiger partial charge in [0, 0.05) is 19.8 Å². The SMILES string of the molecule is CCCCCCCCCCCn1c(CN(C)C(=O)c2ccccn2)nc2ccccc21. The van der Waals surface area contributed by atoms with Crippen LogP contribution >= 0.6 is 0 Å². The molecule has 3 rings (SSSR count). The standard InChI is InChI=1S/C26H36N4O/c1-3-4-5-6-7-8-9-10-15-20-30-24-18-12-11-16-22(24)28-25(30)21-29(2)26(31)23-17-13-14-19-27-23/h11-14,16-19H,3-10,15,20-21H2,1-2H3. The summed E-state index contributed by atoms with van der Waals surface area (Å²) in [6, 6.07) is 13.7. The zero-order chi connectivity index (χ0) is 21.9. The third kappa shape index (κ3) is 6.65. The topological polar surface area (TPSA) is 51.0 Å². The second-order valence-electron chi connectivity index (χ2n) is 8.37. The molecule has 0 radical (unpaired) electrons. The molecule has 5 heteroatoms. The zero-order valence-corrected chi connectivity index (χ0v) is 19.1. The molecule has 0 spiro atoms. The fraction of sp³-hybridized carbons (Fsp3) is 0.500. The van der Waals surface area contributed by atoms with Crippen LogP contribution in [0, 0.1) is 0 Å². The van der Waals surface area contributed by atoms with Gasteiger partial charge in [0.2, 0.25) is 0 Å². The number of aromatic nitrogens is 3. The van der Waals surface area contributed by atoms with E-state index in [9.17, 15) is 4.79 Å². The molecule has 0 unspecified atom stereocenters. The van der Waals surface area contributed by atoms with Crippen LogP contribution in [0.15, 0.2) is 48.7 Å². The van der Waals surface area contributed by atoms with E-state index in [1.807, 2.05) is 31.3 Å². The van der Waals surface area contributed by atoms with Crippen molar-refractivity contribution in [1.29, 1.82) is 0 Å². The third-order valence-electron chi connectivity index (χ3n) is 5.83. The minimum atomic E-state index is -0.0812. The highest BCUT2D eigenvalue weighted by Gasteiger charge is 2.17. The van der Waals surface area contributed by atoms with Gasteiger partial charge in [-0.05, 0) is 30.7 Å². The van der Waals surface area contributed by atoms with E-state index in [1.165, 1.54) is 51.4 Å². The van der Waals surface area contributed by atoms with Gasteiger partial charge in [0.25, 0.3) is 5.91 Å². The average molecular weight is 421 g/mol.